The van der Waals surface area contributed by atoms with Crippen molar-refractivity contribution in [3.05, 3.63) is 50.4 Å². The average molecular weight is 469 g/mol. The number of aromatic amines is 1. The number of fused-ring (bicyclic) bond motifs is 3. The Morgan fingerprint density at radius 3 is 2.45 bits per heavy atom. The van der Waals surface area contributed by atoms with Crippen LogP contribution >= 0.6 is 11.3 Å². The fourth-order valence-corrected chi connectivity index (χ4v) is 6.00. The first-order valence-corrected chi connectivity index (χ1v) is 12.2. The summed E-state index contributed by atoms with van der Waals surface area (Å²) in [6.45, 7) is 3.23. The van der Waals surface area contributed by atoms with Crippen LogP contribution in [0.3, 0.4) is 0 Å². The molecule has 0 atom stereocenters. The smallest absolute Gasteiger partial charge is 0.259 e. The van der Waals surface area contributed by atoms with Crippen LogP contribution in [0.4, 0.5) is 0 Å². The molecule has 2 aromatic heterocycles. The molecule has 1 aliphatic carbocycles. The van der Waals surface area contributed by atoms with Gasteiger partial charge in [-0.05, 0) is 43.4 Å². The summed E-state index contributed by atoms with van der Waals surface area (Å²) < 4.78 is 10.6. The van der Waals surface area contributed by atoms with Gasteiger partial charge in [0, 0.05) is 42.7 Å². The van der Waals surface area contributed by atoms with Gasteiger partial charge >= 0.3 is 0 Å². The molecule has 0 bridgehead atoms. The van der Waals surface area contributed by atoms with Gasteiger partial charge < -0.3 is 19.4 Å². The monoisotopic (exact) mass is 468 g/mol. The predicted octanol–water partition coefficient (Wildman–Crippen LogP) is 2.84. The summed E-state index contributed by atoms with van der Waals surface area (Å²) in [5.74, 6) is 1.85. The second-order valence-electron chi connectivity index (χ2n) is 8.57. The minimum Gasteiger partial charge on any atom is -0.497 e. The third-order valence-electron chi connectivity index (χ3n) is 6.51. The van der Waals surface area contributed by atoms with E-state index in [1.54, 1.807) is 43.8 Å². The fraction of sp³-hybridized carbons (Fsp3) is 0.458. The van der Waals surface area contributed by atoms with E-state index in [-0.39, 0.29) is 11.5 Å². The van der Waals surface area contributed by atoms with Crippen molar-refractivity contribution in [2.75, 3.05) is 40.4 Å². The van der Waals surface area contributed by atoms with Crippen LogP contribution in [0.15, 0.2) is 23.0 Å². The Morgan fingerprint density at radius 2 is 1.76 bits per heavy atom. The van der Waals surface area contributed by atoms with E-state index in [9.17, 15) is 9.59 Å². The molecule has 3 heterocycles. The number of hydrogen-bond acceptors (Lipinski definition) is 7. The van der Waals surface area contributed by atoms with Crippen molar-refractivity contribution in [3.8, 4) is 11.5 Å². The van der Waals surface area contributed by atoms with Crippen molar-refractivity contribution >= 4 is 27.5 Å². The Hall–Kier alpha value is -2.91. The van der Waals surface area contributed by atoms with Gasteiger partial charge in [-0.1, -0.05) is 0 Å². The Bertz CT molecular complexity index is 1220. The van der Waals surface area contributed by atoms with Gasteiger partial charge in [0.1, 0.15) is 22.2 Å². The normalized spacial score (nSPS) is 16.6. The van der Waals surface area contributed by atoms with Crippen LogP contribution in [0.5, 0.6) is 11.5 Å². The zero-order valence-electron chi connectivity index (χ0n) is 19.0. The number of piperazine rings is 1. The number of rotatable bonds is 5. The molecule has 1 saturated heterocycles. The van der Waals surface area contributed by atoms with Crippen LogP contribution in [0.25, 0.3) is 10.2 Å². The minimum absolute atomic E-state index is 0.0183. The van der Waals surface area contributed by atoms with Crippen molar-refractivity contribution in [1.29, 1.82) is 0 Å². The number of hydrogen-bond donors (Lipinski definition) is 1. The second-order valence-corrected chi connectivity index (χ2v) is 9.66. The lowest BCUT2D eigenvalue weighted by atomic mass is 9.97. The third kappa shape index (κ3) is 4.35. The number of ether oxygens (including phenoxy) is 2. The minimum atomic E-state index is -0.0380. The number of benzene rings is 1. The highest BCUT2D eigenvalue weighted by Crippen LogP contribution is 2.33. The number of carbonyl (C=O) groups excluding carboxylic acids is 1. The molecule has 1 fully saturated rings. The van der Waals surface area contributed by atoms with Gasteiger partial charge in [-0.3, -0.25) is 14.5 Å². The van der Waals surface area contributed by atoms with Crippen molar-refractivity contribution in [3.63, 3.8) is 0 Å². The van der Waals surface area contributed by atoms with E-state index in [2.05, 4.69) is 9.88 Å². The number of methoxy groups -OCH3 is 2. The van der Waals surface area contributed by atoms with Gasteiger partial charge in [0.05, 0.1) is 26.2 Å². The zero-order chi connectivity index (χ0) is 22.9. The maximum Gasteiger partial charge on any atom is 0.259 e. The van der Waals surface area contributed by atoms with Crippen LogP contribution in [0.2, 0.25) is 0 Å². The Balaban J connectivity index is 1.26. The summed E-state index contributed by atoms with van der Waals surface area (Å²) in [5.41, 5.74) is 1.75. The van der Waals surface area contributed by atoms with Crippen LogP contribution in [-0.2, 0) is 19.4 Å². The average Bonchev–Trinajstić information content (AvgIpc) is 3.22. The number of nitrogens with zero attached hydrogens (tertiary/aromatic N) is 3. The lowest BCUT2D eigenvalue weighted by Gasteiger charge is -2.34. The molecule has 33 heavy (non-hydrogen) atoms. The third-order valence-corrected chi connectivity index (χ3v) is 7.69. The summed E-state index contributed by atoms with van der Waals surface area (Å²) in [6.07, 6.45) is 4.37. The van der Waals surface area contributed by atoms with Gasteiger partial charge in [0.2, 0.25) is 0 Å². The molecular formula is C24H28N4O4S. The molecule has 0 saturated carbocycles. The molecule has 1 N–H and O–H groups in total. The van der Waals surface area contributed by atoms with Gasteiger partial charge in [-0.15, -0.1) is 11.3 Å². The van der Waals surface area contributed by atoms with Gasteiger partial charge in [-0.2, -0.15) is 0 Å². The van der Waals surface area contributed by atoms with Crippen molar-refractivity contribution in [2.24, 2.45) is 0 Å². The fourth-order valence-electron chi connectivity index (χ4n) is 4.72. The van der Waals surface area contributed by atoms with Gasteiger partial charge in [-0.25, -0.2) is 4.98 Å². The molecule has 1 aromatic carbocycles. The second kappa shape index (κ2) is 9.15. The highest BCUT2D eigenvalue weighted by Gasteiger charge is 2.25. The lowest BCUT2D eigenvalue weighted by Crippen LogP contribution is -2.48. The number of nitrogens with one attached hydrogen (secondary N) is 1. The van der Waals surface area contributed by atoms with E-state index in [1.165, 1.54) is 16.9 Å². The number of H-pyrrole nitrogens is 1. The zero-order valence-corrected chi connectivity index (χ0v) is 19.8. The highest BCUT2D eigenvalue weighted by atomic mass is 32.1. The van der Waals surface area contributed by atoms with Crippen LogP contribution in [-0.4, -0.2) is 66.1 Å². The topological polar surface area (TPSA) is 87.8 Å². The Morgan fingerprint density at radius 1 is 1.06 bits per heavy atom. The molecule has 2 aliphatic rings. The first-order valence-electron chi connectivity index (χ1n) is 11.3. The summed E-state index contributed by atoms with van der Waals surface area (Å²) in [5, 5.41) is 0.794. The number of thiophene rings is 1. The predicted molar refractivity (Wildman–Crippen MR) is 128 cm³/mol. The Kier molecular flexibility index (Phi) is 6.07. The molecule has 0 radical (unpaired) electrons. The van der Waals surface area contributed by atoms with Gasteiger partial charge in [0.25, 0.3) is 11.5 Å². The molecule has 3 aromatic rings. The lowest BCUT2D eigenvalue weighted by molar-refractivity contribution is 0.0625. The molecule has 1 aliphatic heterocycles. The molecule has 8 nitrogen and oxygen atoms in total. The first kappa shape index (κ1) is 21.9. The van der Waals surface area contributed by atoms with Gasteiger partial charge in [0.15, 0.2) is 0 Å². The number of carbonyl (C=O) groups is 1. The molecule has 0 unspecified atom stereocenters. The van der Waals surface area contributed by atoms with Crippen molar-refractivity contribution < 1.29 is 14.3 Å². The number of amides is 1. The summed E-state index contributed by atoms with van der Waals surface area (Å²) in [4.78, 5) is 39.9. The maximum atomic E-state index is 13.0. The van der Waals surface area contributed by atoms with E-state index >= 15 is 0 Å². The maximum absolute atomic E-state index is 13.0. The molecule has 174 valence electrons. The van der Waals surface area contributed by atoms with Crippen LogP contribution in [0.1, 0.15) is 39.5 Å². The van der Waals surface area contributed by atoms with Crippen LogP contribution in [0, 0.1) is 0 Å². The molecule has 9 heteroatoms. The molecular weight excluding hydrogens is 440 g/mol. The van der Waals surface area contributed by atoms with Crippen molar-refractivity contribution in [1.82, 2.24) is 19.8 Å². The summed E-state index contributed by atoms with van der Waals surface area (Å²) in [7, 11) is 3.14. The highest BCUT2D eigenvalue weighted by molar-refractivity contribution is 7.18. The first-order chi connectivity index (χ1) is 16.1. The van der Waals surface area contributed by atoms with E-state index < -0.39 is 0 Å². The summed E-state index contributed by atoms with van der Waals surface area (Å²) >= 11 is 1.67. The molecule has 1 amide bonds. The van der Waals surface area contributed by atoms with E-state index in [0.29, 0.717) is 42.5 Å². The quantitative estimate of drug-likeness (QED) is 0.620. The summed E-state index contributed by atoms with van der Waals surface area (Å²) in [6, 6.07) is 5.23. The molecule has 0 spiro atoms. The van der Waals surface area contributed by atoms with Crippen LogP contribution < -0.4 is 15.0 Å². The SMILES string of the molecule is COc1cc(OC)cc(C(=O)N2CCN(Cc3nc4sc5c(c4c(=O)[nH]3)CCCC5)CC2)c1. The Labute approximate surface area is 196 Å². The van der Waals surface area contributed by atoms with E-state index in [0.717, 1.165) is 42.6 Å². The van der Waals surface area contributed by atoms with Crippen molar-refractivity contribution in [2.45, 2.75) is 32.2 Å². The number of aryl methyl sites for hydroxylation is 2. The molecule has 5 rings (SSSR count). The largest absolute Gasteiger partial charge is 0.497 e. The standard InChI is InChI=1S/C24H28N4O4S/c1-31-16-11-15(12-17(13-16)32-2)24(30)28-9-7-27(8-10-28)14-20-25-22(29)21-18-5-3-4-6-19(18)33-23(21)26-20/h11-13H,3-10,14H2,1-2H3,(H,25,26,29). The van der Waals surface area contributed by atoms with E-state index in [4.69, 9.17) is 14.5 Å². The van der Waals surface area contributed by atoms with E-state index in [1.807, 2.05) is 4.90 Å². The number of aromatic nitrogens is 2.